The summed E-state index contributed by atoms with van der Waals surface area (Å²) in [5.41, 5.74) is 6.86. The fourth-order valence-corrected chi connectivity index (χ4v) is 7.10. The lowest BCUT2D eigenvalue weighted by atomic mass is 9.83. The Hall–Kier alpha value is -2.94. The van der Waals surface area contributed by atoms with Crippen molar-refractivity contribution in [3.05, 3.63) is 82.4 Å². The largest absolute Gasteiger partial charge is 0.488 e. The van der Waals surface area contributed by atoms with Crippen LogP contribution in [-0.2, 0) is 13.0 Å². The molecule has 0 aliphatic carbocycles. The maximum Gasteiger partial charge on any atom is 0.127 e. The van der Waals surface area contributed by atoms with E-state index in [9.17, 15) is 0 Å². The van der Waals surface area contributed by atoms with E-state index >= 15 is 0 Å². The van der Waals surface area contributed by atoms with Crippen LogP contribution in [0.15, 0.2) is 54.6 Å². The van der Waals surface area contributed by atoms with E-state index in [1.807, 2.05) is 54.6 Å². The third-order valence-corrected chi connectivity index (χ3v) is 10.4. The van der Waals surface area contributed by atoms with Crippen LogP contribution in [0.25, 0.3) is 0 Å². The molecular formula is C43H63NO2. The molecule has 1 heterocycles. The monoisotopic (exact) mass is 629 g/mol. The van der Waals surface area contributed by atoms with Crippen LogP contribution in [0.2, 0.25) is 0 Å². The lowest BCUT2D eigenvalue weighted by molar-refractivity contribution is 0.0511. The highest BCUT2D eigenvalue weighted by Gasteiger charge is 2.34. The van der Waals surface area contributed by atoms with Crippen LogP contribution in [0.5, 0.6) is 11.5 Å². The lowest BCUT2D eigenvalue weighted by Crippen LogP contribution is -2.37. The quantitative estimate of drug-likeness (QED) is 0.148. The van der Waals surface area contributed by atoms with E-state index in [2.05, 4.69) is 55.4 Å². The van der Waals surface area contributed by atoms with Gasteiger partial charge in [0.15, 0.2) is 0 Å². The van der Waals surface area contributed by atoms with Crippen molar-refractivity contribution in [3.8, 4) is 11.5 Å². The van der Waals surface area contributed by atoms with Gasteiger partial charge in [-0.2, -0.15) is 0 Å². The molecule has 4 rings (SSSR count). The number of ether oxygens (including phenoxy) is 2. The number of hydrogen-bond acceptors (Lipinski definition) is 3. The Morgan fingerprint density at radius 3 is 2.02 bits per heavy atom. The first-order chi connectivity index (χ1) is 23.2. The van der Waals surface area contributed by atoms with E-state index in [0.717, 1.165) is 59.6 Å². The molecule has 1 aliphatic rings. The fraction of sp³-hybridized carbons (Fsp3) is 0.581. The fourth-order valence-electron chi connectivity index (χ4n) is 7.10. The molecule has 1 aliphatic heterocycles. The molecule has 0 spiro atoms. The van der Waals surface area contributed by atoms with Gasteiger partial charge in [-0.05, 0) is 118 Å². The van der Waals surface area contributed by atoms with Crippen molar-refractivity contribution in [2.75, 3.05) is 11.9 Å². The van der Waals surface area contributed by atoms with Gasteiger partial charge < -0.3 is 14.4 Å². The van der Waals surface area contributed by atoms with Crippen LogP contribution in [0.1, 0.15) is 131 Å². The van der Waals surface area contributed by atoms with Gasteiger partial charge in [-0.3, -0.25) is 0 Å². The Labute approximate surface area is 286 Å². The van der Waals surface area contributed by atoms with Crippen molar-refractivity contribution < 1.29 is 13.6 Å². The number of fused-ring (bicyclic) bond motifs is 1. The summed E-state index contributed by atoms with van der Waals surface area (Å²) < 4.78 is 37.7. The molecular weight excluding hydrogens is 562 g/mol. The third kappa shape index (κ3) is 9.79. The number of rotatable bonds is 17. The van der Waals surface area contributed by atoms with Gasteiger partial charge in [-0.15, -0.1) is 0 Å². The molecule has 0 radical (unpaired) electrons. The zero-order valence-electron chi connectivity index (χ0n) is 33.2. The number of benzene rings is 3. The molecule has 252 valence electrons. The number of hydrogen-bond donors (Lipinski definition) is 0. The SMILES string of the molecule is [2H]C([2H])([2H])N(c1ccccc1)c1ccc(COc2c(C)c(C)c3c(c2C)CC[C@@](C)(CCC[C@H](C)CCC[C@H](C)CCCC(C)C)O3)cc1. The summed E-state index contributed by atoms with van der Waals surface area (Å²) in [6, 6.07) is 16.9. The van der Waals surface area contributed by atoms with E-state index < -0.39 is 6.98 Å². The van der Waals surface area contributed by atoms with Gasteiger partial charge >= 0.3 is 0 Å². The van der Waals surface area contributed by atoms with Gasteiger partial charge in [0.1, 0.15) is 23.7 Å². The summed E-state index contributed by atoms with van der Waals surface area (Å²) in [5, 5.41) is 0. The molecule has 46 heavy (non-hydrogen) atoms. The highest BCUT2D eigenvalue weighted by Crippen LogP contribution is 2.45. The smallest absolute Gasteiger partial charge is 0.127 e. The zero-order valence-corrected chi connectivity index (χ0v) is 30.2. The number of anilines is 2. The maximum absolute atomic E-state index is 8.11. The summed E-state index contributed by atoms with van der Waals surface area (Å²) in [7, 11) is 0. The molecule has 3 atom stereocenters. The van der Waals surface area contributed by atoms with Crippen molar-refractivity contribution in [2.24, 2.45) is 17.8 Å². The molecule has 0 fully saturated rings. The van der Waals surface area contributed by atoms with Crippen LogP contribution in [0, 0.1) is 38.5 Å². The Bertz CT molecular complexity index is 1470. The average molecular weight is 629 g/mol. The topological polar surface area (TPSA) is 21.7 Å². The molecule has 0 amide bonds. The van der Waals surface area contributed by atoms with Gasteiger partial charge in [0.05, 0.1) is 0 Å². The first-order valence-corrected chi connectivity index (χ1v) is 18.1. The van der Waals surface area contributed by atoms with Gasteiger partial charge in [-0.25, -0.2) is 0 Å². The van der Waals surface area contributed by atoms with E-state index in [-0.39, 0.29) is 5.60 Å². The highest BCUT2D eigenvalue weighted by atomic mass is 16.5. The van der Waals surface area contributed by atoms with E-state index in [4.69, 9.17) is 13.6 Å². The van der Waals surface area contributed by atoms with Crippen molar-refractivity contribution in [2.45, 2.75) is 138 Å². The molecule has 3 heteroatoms. The first-order valence-electron chi connectivity index (χ1n) is 19.6. The predicted molar refractivity (Wildman–Crippen MR) is 198 cm³/mol. The van der Waals surface area contributed by atoms with E-state index in [0.29, 0.717) is 18.0 Å². The van der Waals surface area contributed by atoms with Crippen LogP contribution in [0.4, 0.5) is 11.4 Å². The first kappa shape index (κ1) is 31.6. The van der Waals surface area contributed by atoms with Gasteiger partial charge in [0.25, 0.3) is 0 Å². The van der Waals surface area contributed by atoms with Crippen LogP contribution in [0.3, 0.4) is 0 Å². The average Bonchev–Trinajstić information content (AvgIpc) is 3.04. The number of nitrogens with zero attached hydrogens (tertiary/aromatic N) is 1. The van der Waals surface area contributed by atoms with Crippen LogP contribution >= 0.6 is 0 Å². The highest BCUT2D eigenvalue weighted by molar-refractivity contribution is 5.62. The Morgan fingerprint density at radius 1 is 0.783 bits per heavy atom. The minimum atomic E-state index is -2.30. The molecule has 3 aromatic rings. The Morgan fingerprint density at radius 2 is 1.39 bits per heavy atom. The normalized spacial score (nSPS) is 18.6. The molecule has 0 aromatic heterocycles. The third-order valence-electron chi connectivity index (χ3n) is 10.4. The standard InChI is InChI=1S/C43H63NO2/c1-31(2)16-13-17-32(3)18-14-19-33(4)20-15-28-43(8)29-27-40-36(7)41(34(5)35(6)42(40)46-43)45-30-37-23-25-39(26-24-37)44(9)38-21-11-10-12-22-38/h10-12,21-26,31-33H,13-20,27-30H2,1-9H3/t32-,33-,43-/m1/s1/i9D3. The predicted octanol–water partition coefficient (Wildman–Crippen LogP) is 12.5. The molecule has 3 aromatic carbocycles. The van der Waals surface area contributed by atoms with Gasteiger partial charge in [0.2, 0.25) is 0 Å². The molecule has 0 N–H and O–H groups in total. The van der Waals surface area contributed by atoms with Crippen molar-refractivity contribution in [3.63, 3.8) is 0 Å². The van der Waals surface area contributed by atoms with Crippen molar-refractivity contribution in [1.82, 2.24) is 0 Å². The van der Waals surface area contributed by atoms with Gasteiger partial charge in [0, 0.05) is 28.0 Å². The minimum Gasteiger partial charge on any atom is -0.488 e. The summed E-state index contributed by atoms with van der Waals surface area (Å²) in [4.78, 5) is 1.39. The number of para-hydroxylation sites is 1. The summed E-state index contributed by atoms with van der Waals surface area (Å²) >= 11 is 0. The molecule has 0 bridgehead atoms. The summed E-state index contributed by atoms with van der Waals surface area (Å²) in [6.07, 6.45) is 13.8. The van der Waals surface area contributed by atoms with Crippen molar-refractivity contribution in [1.29, 1.82) is 0 Å². The second-order valence-corrected chi connectivity index (χ2v) is 15.0. The lowest BCUT2D eigenvalue weighted by Gasteiger charge is -2.38. The Kier molecular flexibility index (Phi) is 11.5. The van der Waals surface area contributed by atoms with Gasteiger partial charge in [-0.1, -0.05) is 103 Å². The van der Waals surface area contributed by atoms with E-state index in [1.165, 1.54) is 73.0 Å². The van der Waals surface area contributed by atoms with E-state index in [1.54, 1.807) is 0 Å². The van der Waals surface area contributed by atoms with Crippen LogP contribution < -0.4 is 14.4 Å². The molecule has 3 nitrogen and oxygen atoms in total. The zero-order chi connectivity index (χ0) is 35.8. The second kappa shape index (κ2) is 16.8. The maximum atomic E-state index is 8.11. The molecule has 0 saturated heterocycles. The molecule has 0 unspecified atom stereocenters. The Balaban J connectivity index is 1.31. The molecule has 0 saturated carbocycles. The van der Waals surface area contributed by atoms with Crippen molar-refractivity contribution >= 4 is 11.4 Å². The summed E-state index contributed by atoms with van der Waals surface area (Å²) in [5.74, 6) is 4.45. The summed E-state index contributed by atoms with van der Waals surface area (Å²) in [6.45, 7) is 16.4. The second-order valence-electron chi connectivity index (χ2n) is 15.0. The minimum absolute atomic E-state index is 0.131. The van der Waals surface area contributed by atoms with Crippen LogP contribution in [-0.4, -0.2) is 12.6 Å².